The van der Waals surface area contributed by atoms with Gasteiger partial charge in [-0.25, -0.2) is 0 Å². The van der Waals surface area contributed by atoms with Crippen molar-refractivity contribution in [3.8, 4) is 0 Å². The topological polar surface area (TPSA) is 17.1 Å². The molecule has 0 N–H and O–H groups in total. The zero-order valence-electron chi connectivity index (χ0n) is 6.05. The lowest BCUT2D eigenvalue weighted by molar-refractivity contribution is -0.115. The Morgan fingerprint density at radius 3 is 2.40 bits per heavy atom. The predicted molar refractivity (Wildman–Crippen MR) is 39.6 cm³/mol. The summed E-state index contributed by atoms with van der Waals surface area (Å²) >= 11 is 0. The van der Waals surface area contributed by atoms with Gasteiger partial charge in [0.1, 0.15) is 0 Å². The average molecular weight is 136 g/mol. The minimum Gasteiger partial charge on any atom is -0.295 e. The minimum absolute atomic E-state index is 0.368. The molecule has 2 rings (SSSR count). The van der Waals surface area contributed by atoms with E-state index in [0.29, 0.717) is 11.7 Å². The van der Waals surface area contributed by atoms with Gasteiger partial charge in [-0.2, -0.15) is 0 Å². The summed E-state index contributed by atoms with van der Waals surface area (Å²) in [6.45, 7) is 0. The van der Waals surface area contributed by atoms with Crippen LogP contribution in [0.5, 0.6) is 0 Å². The molecule has 0 aromatic heterocycles. The SMILES string of the molecule is O=C(C=CC1CC1)C1CC1. The van der Waals surface area contributed by atoms with Crippen molar-refractivity contribution in [2.45, 2.75) is 25.7 Å². The van der Waals surface area contributed by atoms with E-state index in [2.05, 4.69) is 6.08 Å². The Labute approximate surface area is 61.1 Å². The first-order chi connectivity index (χ1) is 4.86. The summed E-state index contributed by atoms with van der Waals surface area (Å²) in [5.74, 6) is 1.53. The molecule has 0 heterocycles. The predicted octanol–water partition coefficient (Wildman–Crippen LogP) is 1.93. The van der Waals surface area contributed by atoms with E-state index < -0.39 is 0 Å². The molecule has 0 aliphatic heterocycles. The quantitative estimate of drug-likeness (QED) is 0.542. The normalized spacial score (nSPS) is 25.6. The molecule has 2 aliphatic rings. The summed E-state index contributed by atoms with van der Waals surface area (Å²) in [6.07, 6.45) is 8.75. The fourth-order valence-corrected chi connectivity index (χ4v) is 1.02. The molecule has 0 bridgehead atoms. The Balaban J connectivity index is 1.80. The monoisotopic (exact) mass is 136 g/mol. The second-order valence-corrected chi connectivity index (χ2v) is 3.37. The van der Waals surface area contributed by atoms with Gasteiger partial charge in [-0.3, -0.25) is 4.79 Å². The lowest BCUT2D eigenvalue weighted by Gasteiger charge is -1.84. The standard InChI is InChI=1S/C9H12O/c10-9(8-4-5-8)6-3-7-1-2-7/h3,6-8H,1-2,4-5H2. The highest BCUT2D eigenvalue weighted by molar-refractivity contribution is 5.93. The summed E-state index contributed by atoms with van der Waals surface area (Å²) in [6, 6.07) is 0. The van der Waals surface area contributed by atoms with E-state index in [4.69, 9.17) is 0 Å². The molecule has 10 heavy (non-hydrogen) atoms. The summed E-state index contributed by atoms with van der Waals surface area (Å²) in [4.78, 5) is 11.1. The molecule has 2 saturated carbocycles. The first-order valence-electron chi connectivity index (χ1n) is 4.08. The van der Waals surface area contributed by atoms with Crippen molar-refractivity contribution >= 4 is 5.78 Å². The van der Waals surface area contributed by atoms with Gasteiger partial charge in [0.25, 0.3) is 0 Å². The molecule has 1 heteroatoms. The Bertz CT molecular complexity index is 173. The fourth-order valence-electron chi connectivity index (χ4n) is 1.02. The number of hydrogen-bond donors (Lipinski definition) is 0. The summed E-state index contributed by atoms with van der Waals surface area (Å²) in [5, 5.41) is 0. The van der Waals surface area contributed by atoms with Gasteiger partial charge in [0.15, 0.2) is 5.78 Å². The highest BCUT2D eigenvalue weighted by Gasteiger charge is 2.28. The Hall–Kier alpha value is -0.590. The molecule has 0 amide bonds. The molecule has 0 atom stereocenters. The van der Waals surface area contributed by atoms with Crippen LogP contribution >= 0.6 is 0 Å². The lowest BCUT2D eigenvalue weighted by Crippen LogP contribution is -1.93. The largest absolute Gasteiger partial charge is 0.295 e. The zero-order valence-corrected chi connectivity index (χ0v) is 6.05. The third-order valence-electron chi connectivity index (χ3n) is 2.13. The smallest absolute Gasteiger partial charge is 0.158 e. The first-order valence-corrected chi connectivity index (χ1v) is 4.08. The molecular weight excluding hydrogens is 124 g/mol. The van der Waals surface area contributed by atoms with Crippen LogP contribution in [-0.2, 0) is 4.79 Å². The molecule has 1 nitrogen and oxygen atoms in total. The Morgan fingerprint density at radius 1 is 1.20 bits per heavy atom. The van der Waals surface area contributed by atoms with Crippen LogP contribution in [0.15, 0.2) is 12.2 Å². The van der Waals surface area contributed by atoms with Crippen LogP contribution in [0.4, 0.5) is 0 Å². The Kier molecular flexibility index (Phi) is 1.37. The maximum Gasteiger partial charge on any atom is 0.158 e. The second kappa shape index (κ2) is 2.22. The van der Waals surface area contributed by atoms with Gasteiger partial charge in [0.2, 0.25) is 0 Å². The molecule has 0 spiro atoms. The van der Waals surface area contributed by atoms with Crippen molar-refractivity contribution < 1.29 is 4.79 Å². The zero-order chi connectivity index (χ0) is 6.97. The number of hydrogen-bond acceptors (Lipinski definition) is 1. The van der Waals surface area contributed by atoms with E-state index in [9.17, 15) is 4.79 Å². The van der Waals surface area contributed by atoms with E-state index in [-0.39, 0.29) is 0 Å². The van der Waals surface area contributed by atoms with E-state index in [1.165, 1.54) is 12.8 Å². The van der Waals surface area contributed by atoms with Gasteiger partial charge >= 0.3 is 0 Å². The summed E-state index contributed by atoms with van der Waals surface area (Å²) < 4.78 is 0. The van der Waals surface area contributed by atoms with Crippen molar-refractivity contribution in [3.05, 3.63) is 12.2 Å². The van der Waals surface area contributed by atoms with Gasteiger partial charge < -0.3 is 0 Å². The van der Waals surface area contributed by atoms with Crippen LogP contribution in [0.25, 0.3) is 0 Å². The van der Waals surface area contributed by atoms with Gasteiger partial charge in [-0.1, -0.05) is 6.08 Å². The van der Waals surface area contributed by atoms with Crippen LogP contribution < -0.4 is 0 Å². The number of carbonyl (C=O) groups excluding carboxylic acids is 1. The number of carbonyl (C=O) groups is 1. The fraction of sp³-hybridized carbons (Fsp3) is 0.667. The van der Waals surface area contributed by atoms with Crippen LogP contribution in [0.3, 0.4) is 0 Å². The maximum atomic E-state index is 11.1. The van der Waals surface area contributed by atoms with E-state index in [0.717, 1.165) is 18.8 Å². The van der Waals surface area contributed by atoms with Crippen molar-refractivity contribution in [1.29, 1.82) is 0 Å². The molecule has 0 radical (unpaired) electrons. The van der Waals surface area contributed by atoms with Crippen LogP contribution in [0.2, 0.25) is 0 Å². The molecule has 2 fully saturated rings. The molecule has 0 unspecified atom stereocenters. The molecule has 0 aromatic rings. The highest BCUT2D eigenvalue weighted by Crippen LogP contribution is 2.33. The van der Waals surface area contributed by atoms with E-state index in [1.54, 1.807) is 6.08 Å². The highest BCUT2D eigenvalue weighted by atomic mass is 16.1. The van der Waals surface area contributed by atoms with Crippen LogP contribution in [-0.4, -0.2) is 5.78 Å². The van der Waals surface area contributed by atoms with Gasteiger partial charge in [0, 0.05) is 5.92 Å². The molecular formula is C9H12O. The third-order valence-corrected chi connectivity index (χ3v) is 2.13. The van der Waals surface area contributed by atoms with Crippen molar-refractivity contribution in [2.24, 2.45) is 11.8 Å². The van der Waals surface area contributed by atoms with Gasteiger partial charge in [-0.15, -0.1) is 0 Å². The third kappa shape index (κ3) is 1.47. The van der Waals surface area contributed by atoms with Crippen molar-refractivity contribution in [2.75, 3.05) is 0 Å². The molecule has 2 aliphatic carbocycles. The first kappa shape index (κ1) is 6.14. The van der Waals surface area contributed by atoms with Crippen LogP contribution in [0, 0.1) is 11.8 Å². The summed E-state index contributed by atoms with van der Waals surface area (Å²) in [5.41, 5.74) is 0. The lowest BCUT2D eigenvalue weighted by atomic mass is 10.2. The van der Waals surface area contributed by atoms with Gasteiger partial charge in [-0.05, 0) is 37.7 Å². The van der Waals surface area contributed by atoms with Crippen molar-refractivity contribution in [1.82, 2.24) is 0 Å². The molecule has 0 saturated heterocycles. The number of ketones is 1. The minimum atomic E-state index is 0.368. The Morgan fingerprint density at radius 2 is 1.90 bits per heavy atom. The average Bonchev–Trinajstić information content (AvgIpc) is 2.76. The van der Waals surface area contributed by atoms with Gasteiger partial charge in [0.05, 0.1) is 0 Å². The van der Waals surface area contributed by atoms with E-state index >= 15 is 0 Å². The second-order valence-electron chi connectivity index (χ2n) is 3.37. The number of allylic oxidation sites excluding steroid dienone is 2. The molecule has 54 valence electrons. The van der Waals surface area contributed by atoms with Crippen molar-refractivity contribution in [3.63, 3.8) is 0 Å². The van der Waals surface area contributed by atoms with Crippen LogP contribution in [0.1, 0.15) is 25.7 Å². The number of rotatable bonds is 3. The van der Waals surface area contributed by atoms with E-state index in [1.807, 2.05) is 0 Å². The maximum absolute atomic E-state index is 11.1. The molecule has 0 aromatic carbocycles. The summed E-state index contributed by atoms with van der Waals surface area (Å²) in [7, 11) is 0.